The summed E-state index contributed by atoms with van der Waals surface area (Å²) in [5.41, 5.74) is 1.29. The Hall–Kier alpha value is -2.42. The van der Waals surface area contributed by atoms with Crippen LogP contribution in [0.5, 0.6) is 0 Å². The first-order valence-electron chi connectivity index (χ1n) is 8.81. The number of carbonyl (C=O) groups excluding carboxylic acids is 1. The van der Waals surface area contributed by atoms with Gasteiger partial charge < -0.3 is 4.90 Å². The Bertz CT molecular complexity index is 942. The van der Waals surface area contributed by atoms with E-state index in [0.29, 0.717) is 24.5 Å². The third-order valence-corrected chi connectivity index (χ3v) is 5.55. The summed E-state index contributed by atoms with van der Waals surface area (Å²) in [5.74, 6) is -0.0765. The van der Waals surface area contributed by atoms with E-state index in [1.807, 2.05) is 0 Å². The molecule has 0 aliphatic carbocycles. The molecule has 0 bridgehead atoms. The van der Waals surface area contributed by atoms with Gasteiger partial charge in [-0.25, -0.2) is 22.3 Å². The third-order valence-electron chi connectivity index (χ3n) is 4.56. The summed E-state index contributed by atoms with van der Waals surface area (Å²) in [4.78, 5) is 14.3. The van der Waals surface area contributed by atoms with Crippen LogP contribution < -0.4 is 5.32 Å². The molecule has 2 amide bonds. The number of aryl methyl sites for hydroxylation is 1. The van der Waals surface area contributed by atoms with E-state index in [2.05, 4.69) is 10.4 Å². The Morgan fingerprint density at radius 1 is 1.33 bits per heavy atom. The summed E-state index contributed by atoms with van der Waals surface area (Å²) in [6, 6.07) is 7.02. The number of sulfone groups is 1. The van der Waals surface area contributed by atoms with Gasteiger partial charge in [-0.05, 0) is 44.4 Å². The number of nitrogens with zero attached hydrogens (tertiary/aromatic N) is 3. The Balaban J connectivity index is 1.76. The summed E-state index contributed by atoms with van der Waals surface area (Å²) in [6.07, 6.45) is 3.58. The highest BCUT2D eigenvalue weighted by Crippen LogP contribution is 2.21. The number of amides is 2. The number of benzene rings is 1. The van der Waals surface area contributed by atoms with Gasteiger partial charge in [0, 0.05) is 30.6 Å². The van der Waals surface area contributed by atoms with Crippen molar-refractivity contribution in [3.63, 3.8) is 0 Å². The lowest BCUT2D eigenvalue weighted by Crippen LogP contribution is -2.48. The second-order valence-electron chi connectivity index (χ2n) is 6.93. The first kappa shape index (κ1) is 19.3. The molecule has 2 heterocycles. The molecule has 1 saturated heterocycles. The summed E-state index contributed by atoms with van der Waals surface area (Å²) >= 11 is 0. The third kappa shape index (κ3) is 4.85. The van der Waals surface area contributed by atoms with Crippen molar-refractivity contribution in [2.24, 2.45) is 0 Å². The van der Waals surface area contributed by atoms with E-state index >= 15 is 0 Å². The minimum atomic E-state index is -3.18. The topological polar surface area (TPSA) is 84.3 Å². The smallest absolute Gasteiger partial charge is 0.320 e. The zero-order valence-electron chi connectivity index (χ0n) is 15.4. The molecule has 2 aromatic rings. The molecule has 27 heavy (non-hydrogen) atoms. The van der Waals surface area contributed by atoms with E-state index in [0.717, 1.165) is 18.5 Å². The summed E-state index contributed by atoms with van der Waals surface area (Å²) < 4.78 is 38.3. The number of piperidine rings is 1. The average molecular weight is 394 g/mol. The van der Waals surface area contributed by atoms with Gasteiger partial charge >= 0.3 is 6.03 Å². The second-order valence-corrected chi connectivity index (χ2v) is 9.11. The highest BCUT2D eigenvalue weighted by Gasteiger charge is 2.29. The van der Waals surface area contributed by atoms with Crippen LogP contribution in [-0.2, 0) is 9.84 Å². The van der Waals surface area contributed by atoms with Gasteiger partial charge in [-0.2, -0.15) is 0 Å². The number of aromatic nitrogens is 2. The molecular weight excluding hydrogens is 371 g/mol. The second kappa shape index (κ2) is 7.67. The van der Waals surface area contributed by atoms with Crippen molar-refractivity contribution in [2.75, 3.05) is 23.9 Å². The molecule has 7 nitrogen and oxygen atoms in total. The van der Waals surface area contributed by atoms with Crippen LogP contribution in [0.25, 0.3) is 5.69 Å². The van der Waals surface area contributed by atoms with Crippen molar-refractivity contribution >= 4 is 21.7 Å². The molecule has 1 fully saturated rings. The fraction of sp³-hybridized carbons (Fsp3) is 0.444. The molecule has 9 heteroatoms. The van der Waals surface area contributed by atoms with E-state index in [9.17, 15) is 17.6 Å². The fourth-order valence-corrected chi connectivity index (χ4v) is 4.42. The predicted octanol–water partition coefficient (Wildman–Crippen LogP) is 2.75. The Morgan fingerprint density at radius 2 is 2.11 bits per heavy atom. The molecule has 0 radical (unpaired) electrons. The largest absolute Gasteiger partial charge is 0.323 e. The van der Waals surface area contributed by atoms with Crippen LogP contribution in [0.3, 0.4) is 0 Å². The van der Waals surface area contributed by atoms with Gasteiger partial charge in [0.1, 0.15) is 15.7 Å². The molecular formula is C18H23FN4O3S. The number of urea groups is 1. The molecule has 1 aliphatic rings. The van der Waals surface area contributed by atoms with Crippen molar-refractivity contribution in [3.05, 3.63) is 41.8 Å². The molecule has 146 valence electrons. The molecule has 0 saturated carbocycles. The lowest BCUT2D eigenvalue weighted by molar-refractivity contribution is 0.171. The summed E-state index contributed by atoms with van der Waals surface area (Å²) in [6.45, 7) is 2.32. The van der Waals surface area contributed by atoms with Gasteiger partial charge in [-0.3, -0.25) is 5.32 Å². The molecule has 1 atom stereocenters. The molecule has 1 aromatic carbocycles. The average Bonchev–Trinajstić information content (AvgIpc) is 2.94. The number of likely N-dealkylation sites (tertiary alicyclic amines) is 1. The van der Waals surface area contributed by atoms with Crippen LogP contribution in [0.15, 0.2) is 30.3 Å². The molecule has 3 rings (SSSR count). The highest BCUT2D eigenvalue weighted by molar-refractivity contribution is 7.90. The molecule has 1 aromatic heterocycles. The van der Waals surface area contributed by atoms with Gasteiger partial charge in [0.25, 0.3) is 0 Å². The monoisotopic (exact) mass is 394 g/mol. The summed E-state index contributed by atoms with van der Waals surface area (Å²) in [5, 5.41) is 7.07. The lowest BCUT2D eigenvalue weighted by Gasteiger charge is -2.35. The van der Waals surface area contributed by atoms with Crippen molar-refractivity contribution in [3.8, 4) is 5.69 Å². The normalized spacial score (nSPS) is 17.7. The van der Waals surface area contributed by atoms with E-state index in [1.54, 1.807) is 34.7 Å². The maximum Gasteiger partial charge on any atom is 0.323 e. The van der Waals surface area contributed by atoms with E-state index in [4.69, 9.17) is 0 Å². The first-order chi connectivity index (χ1) is 12.7. The molecule has 0 spiro atoms. The first-order valence-corrected chi connectivity index (χ1v) is 10.9. The van der Waals surface area contributed by atoms with Crippen molar-refractivity contribution < 1.29 is 17.6 Å². The number of halogens is 1. The lowest BCUT2D eigenvalue weighted by atomic mass is 10.0. The quantitative estimate of drug-likeness (QED) is 0.864. The van der Waals surface area contributed by atoms with Gasteiger partial charge in [0.05, 0.1) is 11.4 Å². The van der Waals surface area contributed by atoms with E-state index in [-0.39, 0.29) is 23.6 Å². The number of nitrogens with one attached hydrogen (secondary N) is 1. The number of rotatable bonds is 4. The zero-order valence-corrected chi connectivity index (χ0v) is 16.2. The number of carbonyl (C=O) groups is 1. The highest BCUT2D eigenvalue weighted by atomic mass is 32.2. The van der Waals surface area contributed by atoms with Crippen LogP contribution in [0.1, 0.15) is 25.0 Å². The number of hydrogen-bond donors (Lipinski definition) is 1. The van der Waals surface area contributed by atoms with Crippen molar-refractivity contribution in [1.82, 2.24) is 14.7 Å². The van der Waals surface area contributed by atoms with Gasteiger partial charge in [-0.15, -0.1) is 5.10 Å². The Labute approximate surface area is 158 Å². The molecule has 1 unspecified atom stereocenters. The Kier molecular flexibility index (Phi) is 5.50. The van der Waals surface area contributed by atoms with E-state index < -0.39 is 9.84 Å². The van der Waals surface area contributed by atoms with Crippen molar-refractivity contribution in [1.29, 1.82) is 0 Å². The predicted molar refractivity (Wildman–Crippen MR) is 101 cm³/mol. The van der Waals surface area contributed by atoms with E-state index in [1.165, 1.54) is 18.4 Å². The van der Waals surface area contributed by atoms with Crippen molar-refractivity contribution in [2.45, 2.75) is 32.2 Å². The van der Waals surface area contributed by atoms with Gasteiger partial charge in [0.2, 0.25) is 0 Å². The maximum atomic E-state index is 13.5. The maximum absolute atomic E-state index is 13.5. The summed E-state index contributed by atoms with van der Waals surface area (Å²) in [7, 11) is -3.18. The van der Waals surface area contributed by atoms with Crippen LogP contribution in [0.2, 0.25) is 0 Å². The van der Waals surface area contributed by atoms with Gasteiger partial charge in [0.15, 0.2) is 5.82 Å². The van der Waals surface area contributed by atoms with Crippen LogP contribution in [0, 0.1) is 12.7 Å². The SMILES string of the molecule is Cc1cc(NC(=O)N2CCCCC2CS(C)(=O)=O)nn1-c1cccc(F)c1. The van der Waals surface area contributed by atoms with Crippen LogP contribution in [-0.4, -0.2) is 53.7 Å². The molecule has 1 aliphatic heterocycles. The van der Waals surface area contributed by atoms with Crippen LogP contribution >= 0.6 is 0 Å². The standard InChI is InChI=1S/C18H23FN4O3S/c1-13-10-17(21-23(13)15-8-5-6-14(19)11-15)20-18(24)22-9-4-3-7-16(22)12-27(2,25)26/h5-6,8,10-11,16H,3-4,7,9,12H2,1-2H3,(H,20,21,24). The minimum Gasteiger partial charge on any atom is -0.320 e. The number of anilines is 1. The van der Waals surface area contributed by atoms with Gasteiger partial charge in [-0.1, -0.05) is 6.07 Å². The number of hydrogen-bond acceptors (Lipinski definition) is 4. The van der Waals surface area contributed by atoms with Crippen LogP contribution in [0.4, 0.5) is 15.0 Å². The zero-order chi connectivity index (χ0) is 19.6. The molecule has 1 N–H and O–H groups in total. The minimum absolute atomic E-state index is 0.0445. The fourth-order valence-electron chi connectivity index (χ4n) is 3.38. The Morgan fingerprint density at radius 3 is 2.81 bits per heavy atom.